The number of benzene rings is 1. The Morgan fingerprint density at radius 2 is 2.08 bits per heavy atom. The molecule has 128 valence electrons. The Kier molecular flexibility index (Phi) is 5.08. The fraction of sp³-hybridized carbons (Fsp3) is 0.235. The highest BCUT2D eigenvalue weighted by Crippen LogP contribution is 2.27. The minimum absolute atomic E-state index is 0.0227. The molecule has 2 aliphatic rings. The van der Waals surface area contributed by atoms with E-state index >= 15 is 0 Å². The summed E-state index contributed by atoms with van der Waals surface area (Å²) in [7, 11) is 0. The zero-order chi connectivity index (χ0) is 17.8. The number of amidine groups is 1. The molecule has 1 saturated heterocycles. The molecule has 1 aliphatic carbocycles. The first-order valence-electron chi connectivity index (χ1n) is 7.75. The lowest BCUT2D eigenvalue weighted by Gasteiger charge is -2.07. The predicted molar refractivity (Wildman–Crippen MR) is 98.6 cm³/mol. The summed E-state index contributed by atoms with van der Waals surface area (Å²) in [6.45, 7) is 2.01. The van der Waals surface area contributed by atoms with Crippen LogP contribution in [0.3, 0.4) is 0 Å². The second kappa shape index (κ2) is 7.43. The fourth-order valence-electron chi connectivity index (χ4n) is 2.51. The third-order valence-corrected chi connectivity index (χ3v) is 4.94. The molecule has 0 aromatic heterocycles. The Labute approximate surface area is 148 Å². The molecule has 7 nitrogen and oxygen atoms in total. The van der Waals surface area contributed by atoms with Crippen LogP contribution in [-0.4, -0.2) is 27.0 Å². The molecule has 2 atom stereocenters. The van der Waals surface area contributed by atoms with Gasteiger partial charge >= 0.3 is 0 Å². The molecular weight excluding hydrogens is 340 g/mol. The molecule has 3 rings (SSSR count). The number of carbonyl (C=O) groups is 1. The van der Waals surface area contributed by atoms with Gasteiger partial charge in [0.2, 0.25) is 5.91 Å². The molecule has 0 saturated carbocycles. The number of allylic oxidation sites excluding steroid dienone is 4. The molecule has 0 spiro atoms. The van der Waals surface area contributed by atoms with E-state index in [0.29, 0.717) is 10.7 Å². The van der Waals surface area contributed by atoms with Crippen molar-refractivity contribution in [1.29, 1.82) is 0 Å². The number of thioether (sulfide) groups is 1. The average Bonchev–Trinajstić information content (AvgIpc) is 2.94. The van der Waals surface area contributed by atoms with Gasteiger partial charge in [-0.2, -0.15) is 5.10 Å². The SMILES string of the molecule is C[C@@H]1C=CC=C/C1=N/N=C1\NC(=O)[C@H](Cc2ccccc2[N+](=O)[O-])S1. The second-order valence-corrected chi connectivity index (χ2v) is 6.84. The van der Waals surface area contributed by atoms with Crippen molar-refractivity contribution in [2.24, 2.45) is 16.1 Å². The van der Waals surface area contributed by atoms with E-state index in [-0.39, 0.29) is 23.9 Å². The first-order chi connectivity index (χ1) is 12.0. The Morgan fingerprint density at radius 1 is 1.28 bits per heavy atom. The Hall–Kier alpha value is -2.74. The van der Waals surface area contributed by atoms with E-state index in [2.05, 4.69) is 15.5 Å². The average molecular weight is 356 g/mol. The van der Waals surface area contributed by atoms with Crippen molar-refractivity contribution in [3.8, 4) is 0 Å². The van der Waals surface area contributed by atoms with Gasteiger partial charge in [0.25, 0.3) is 5.69 Å². The van der Waals surface area contributed by atoms with Crippen LogP contribution in [0.4, 0.5) is 5.69 Å². The zero-order valence-corrected chi connectivity index (χ0v) is 14.3. The van der Waals surface area contributed by atoms with E-state index in [1.165, 1.54) is 17.8 Å². The number of carbonyl (C=O) groups excluding carboxylic acids is 1. The molecule has 25 heavy (non-hydrogen) atoms. The summed E-state index contributed by atoms with van der Waals surface area (Å²) >= 11 is 1.24. The topological polar surface area (TPSA) is 97.0 Å². The minimum atomic E-state index is -0.459. The summed E-state index contributed by atoms with van der Waals surface area (Å²) in [5.74, 6) is -0.0477. The number of nitro benzene ring substituents is 1. The summed E-state index contributed by atoms with van der Waals surface area (Å²) in [6.07, 6.45) is 7.99. The van der Waals surface area contributed by atoms with Crippen LogP contribution in [0.25, 0.3) is 0 Å². The van der Waals surface area contributed by atoms with Gasteiger partial charge in [-0.15, -0.1) is 5.10 Å². The van der Waals surface area contributed by atoms with Crippen LogP contribution >= 0.6 is 11.8 Å². The molecular formula is C17H16N4O3S. The number of amides is 1. The third-order valence-electron chi connectivity index (χ3n) is 3.87. The molecule has 1 aliphatic heterocycles. The van der Waals surface area contributed by atoms with Crippen LogP contribution in [0.1, 0.15) is 12.5 Å². The van der Waals surface area contributed by atoms with Crippen LogP contribution in [-0.2, 0) is 11.2 Å². The van der Waals surface area contributed by atoms with E-state index in [0.717, 1.165) is 5.71 Å². The van der Waals surface area contributed by atoms with Crippen LogP contribution < -0.4 is 5.32 Å². The summed E-state index contributed by atoms with van der Waals surface area (Å²) in [6, 6.07) is 6.45. The number of rotatable bonds is 4. The highest BCUT2D eigenvalue weighted by atomic mass is 32.2. The molecule has 8 heteroatoms. The molecule has 1 aromatic rings. The summed E-state index contributed by atoms with van der Waals surface area (Å²) in [5, 5.41) is 22.0. The third kappa shape index (κ3) is 4.03. The van der Waals surface area contributed by atoms with Crippen molar-refractivity contribution in [2.45, 2.75) is 18.6 Å². The number of nitro groups is 1. The monoisotopic (exact) mass is 356 g/mol. The van der Waals surface area contributed by atoms with E-state index in [4.69, 9.17) is 0 Å². The number of nitrogens with one attached hydrogen (secondary N) is 1. The first kappa shape index (κ1) is 17.1. The van der Waals surface area contributed by atoms with Crippen molar-refractivity contribution in [3.63, 3.8) is 0 Å². The van der Waals surface area contributed by atoms with Gasteiger partial charge in [-0.3, -0.25) is 14.9 Å². The van der Waals surface area contributed by atoms with Gasteiger partial charge in [0.15, 0.2) is 5.17 Å². The zero-order valence-electron chi connectivity index (χ0n) is 13.5. The van der Waals surface area contributed by atoms with Crippen molar-refractivity contribution in [1.82, 2.24) is 5.32 Å². The molecule has 1 N–H and O–H groups in total. The molecule has 1 fully saturated rings. The van der Waals surface area contributed by atoms with E-state index < -0.39 is 10.2 Å². The largest absolute Gasteiger partial charge is 0.303 e. The van der Waals surface area contributed by atoms with E-state index in [1.54, 1.807) is 18.2 Å². The van der Waals surface area contributed by atoms with Crippen molar-refractivity contribution >= 4 is 34.2 Å². The van der Waals surface area contributed by atoms with Crippen molar-refractivity contribution < 1.29 is 9.72 Å². The number of hydrogen-bond donors (Lipinski definition) is 1. The van der Waals surface area contributed by atoms with Crippen LogP contribution in [0.5, 0.6) is 0 Å². The summed E-state index contributed by atoms with van der Waals surface area (Å²) < 4.78 is 0. The van der Waals surface area contributed by atoms with Gasteiger partial charge < -0.3 is 5.32 Å². The lowest BCUT2D eigenvalue weighted by atomic mass is 10.0. The number of para-hydroxylation sites is 1. The fourth-order valence-corrected chi connectivity index (χ4v) is 3.46. The maximum Gasteiger partial charge on any atom is 0.272 e. The minimum Gasteiger partial charge on any atom is -0.303 e. The van der Waals surface area contributed by atoms with E-state index in [9.17, 15) is 14.9 Å². The molecule has 0 unspecified atom stereocenters. The van der Waals surface area contributed by atoms with Gasteiger partial charge in [-0.05, 0) is 6.08 Å². The van der Waals surface area contributed by atoms with Gasteiger partial charge in [-0.1, -0.05) is 55.1 Å². The smallest absolute Gasteiger partial charge is 0.272 e. The lowest BCUT2D eigenvalue weighted by Crippen LogP contribution is -2.26. The van der Waals surface area contributed by atoms with Gasteiger partial charge in [-0.25, -0.2) is 0 Å². The molecule has 1 heterocycles. The highest BCUT2D eigenvalue weighted by Gasteiger charge is 2.32. The molecule has 1 aromatic carbocycles. The number of hydrogen-bond acceptors (Lipinski definition) is 6. The number of nitrogens with zero attached hydrogens (tertiary/aromatic N) is 3. The van der Waals surface area contributed by atoms with Crippen LogP contribution in [0.2, 0.25) is 0 Å². The Bertz CT molecular complexity index is 829. The first-order valence-corrected chi connectivity index (χ1v) is 8.63. The molecule has 0 radical (unpaired) electrons. The van der Waals surface area contributed by atoms with Crippen LogP contribution in [0.15, 0.2) is 58.8 Å². The van der Waals surface area contributed by atoms with Gasteiger partial charge in [0.1, 0.15) is 0 Å². The summed E-state index contributed by atoms with van der Waals surface area (Å²) in [5.41, 5.74) is 1.36. The normalized spacial score (nSPS) is 25.6. The quantitative estimate of drug-likeness (QED) is 0.662. The molecule has 0 bridgehead atoms. The maximum atomic E-state index is 12.1. The van der Waals surface area contributed by atoms with Crippen molar-refractivity contribution in [3.05, 3.63) is 64.2 Å². The van der Waals surface area contributed by atoms with Gasteiger partial charge in [0.05, 0.1) is 15.9 Å². The Balaban J connectivity index is 1.72. The molecule has 1 amide bonds. The van der Waals surface area contributed by atoms with Crippen molar-refractivity contribution in [2.75, 3.05) is 0 Å². The maximum absolute atomic E-state index is 12.1. The van der Waals surface area contributed by atoms with Gasteiger partial charge in [0, 0.05) is 24.0 Å². The Morgan fingerprint density at radius 3 is 2.84 bits per heavy atom. The lowest BCUT2D eigenvalue weighted by molar-refractivity contribution is -0.385. The second-order valence-electron chi connectivity index (χ2n) is 5.65. The summed E-state index contributed by atoms with van der Waals surface area (Å²) in [4.78, 5) is 22.8. The van der Waals surface area contributed by atoms with Crippen LogP contribution in [0, 0.1) is 16.0 Å². The standard InChI is InChI=1S/C17H16N4O3S/c1-11-6-2-4-8-13(11)19-20-17-18-16(22)15(25-17)10-12-7-3-5-9-14(12)21(23)24/h2-9,11,15H,10H2,1H3,(H,18,20,22)/b19-13-/t11-,15+/m1/s1. The highest BCUT2D eigenvalue weighted by molar-refractivity contribution is 8.15. The predicted octanol–water partition coefficient (Wildman–Crippen LogP) is 2.84. The van der Waals surface area contributed by atoms with E-state index in [1.807, 2.05) is 31.2 Å².